The summed E-state index contributed by atoms with van der Waals surface area (Å²) >= 11 is 0. The van der Waals surface area contributed by atoms with Crippen molar-refractivity contribution in [2.24, 2.45) is 0 Å². The van der Waals surface area contributed by atoms with E-state index < -0.39 is 10.0 Å². The van der Waals surface area contributed by atoms with Crippen molar-refractivity contribution in [2.45, 2.75) is 17.2 Å². The Morgan fingerprint density at radius 1 is 1.12 bits per heavy atom. The topological polar surface area (TPSA) is 89.2 Å². The van der Waals surface area contributed by atoms with Gasteiger partial charge in [0.1, 0.15) is 4.90 Å². The first-order valence-electron chi connectivity index (χ1n) is 7.94. The first-order chi connectivity index (χ1) is 12.1. The number of nitrogens with zero attached hydrogens (tertiary/aromatic N) is 4. The maximum Gasteiger partial charge on any atom is 0.244 e. The van der Waals surface area contributed by atoms with Crippen molar-refractivity contribution in [3.63, 3.8) is 0 Å². The molecule has 1 aliphatic heterocycles. The molecule has 0 bridgehead atoms. The molecule has 0 spiro atoms. The first-order valence-corrected chi connectivity index (χ1v) is 9.38. The molecular weight excluding hydrogens is 340 g/mol. The third kappa shape index (κ3) is 3.06. The zero-order valence-electron chi connectivity index (χ0n) is 13.3. The summed E-state index contributed by atoms with van der Waals surface area (Å²) in [5, 5.41) is 4.01. The Hall–Kier alpha value is -2.58. The van der Waals surface area contributed by atoms with E-state index in [4.69, 9.17) is 4.52 Å². The van der Waals surface area contributed by atoms with Crippen LogP contribution in [0.3, 0.4) is 0 Å². The van der Waals surface area contributed by atoms with E-state index in [0.29, 0.717) is 31.2 Å². The Balaban J connectivity index is 1.53. The Morgan fingerprint density at radius 2 is 1.96 bits per heavy atom. The van der Waals surface area contributed by atoms with E-state index in [1.807, 2.05) is 30.3 Å². The summed E-state index contributed by atoms with van der Waals surface area (Å²) in [7, 11) is -3.54. The molecule has 0 aliphatic carbocycles. The lowest BCUT2D eigenvalue weighted by molar-refractivity contribution is 0.354. The van der Waals surface area contributed by atoms with Crippen LogP contribution in [0, 0.1) is 0 Å². The Kier molecular flexibility index (Phi) is 4.06. The Labute approximate surface area is 145 Å². The maximum atomic E-state index is 12.7. The van der Waals surface area contributed by atoms with Gasteiger partial charge in [-0.3, -0.25) is 4.98 Å². The molecule has 1 aliphatic rings. The standard InChI is InChI=1S/C17H16N4O3S/c22-25(23,15-7-4-9-18-11-15)21-10-8-14(12-21)17-19-16(20-24-17)13-5-2-1-3-6-13/h1-7,9,11,14H,8,10,12H2. The van der Waals surface area contributed by atoms with Crippen molar-refractivity contribution in [2.75, 3.05) is 13.1 Å². The fraction of sp³-hybridized carbons (Fsp3) is 0.235. The van der Waals surface area contributed by atoms with Crippen molar-refractivity contribution < 1.29 is 12.9 Å². The molecule has 3 aromatic rings. The van der Waals surface area contributed by atoms with Crippen LogP contribution in [0.15, 0.2) is 64.3 Å². The molecule has 0 radical (unpaired) electrons. The second-order valence-corrected chi connectivity index (χ2v) is 7.80. The maximum absolute atomic E-state index is 12.7. The number of rotatable bonds is 4. The first kappa shape index (κ1) is 15.9. The number of sulfonamides is 1. The highest BCUT2D eigenvalue weighted by molar-refractivity contribution is 7.89. The van der Waals surface area contributed by atoms with Gasteiger partial charge in [0.2, 0.25) is 21.7 Å². The van der Waals surface area contributed by atoms with Crippen LogP contribution in [0.1, 0.15) is 18.2 Å². The van der Waals surface area contributed by atoms with Gasteiger partial charge >= 0.3 is 0 Å². The van der Waals surface area contributed by atoms with Crippen LogP contribution in [-0.2, 0) is 10.0 Å². The summed E-state index contributed by atoms with van der Waals surface area (Å²) in [6, 6.07) is 12.7. The number of pyridine rings is 1. The van der Waals surface area contributed by atoms with Crippen molar-refractivity contribution in [3.05, 3.63) is 60.7 Å². The normalized spacial score (nSPS) is 18.5. The third-order valence-electron chi connectivity index (χ3n) is 4.25. The molecule has 3 heterocycles. The van der Waals surface area contributed by atoms with E-state index in [1.165, 1.54) is 10.5 Å². The summed E-state index contributed by atoms with van der Waals surface area (Å²) in [6.07, 6.45) is 3.56. The highest BCUT2D eigenvalue weighted by Gasteiger charge is 2.35. The predicted octanol–water partition coefficient (Wildman–Crippen LogP) is 2.31. The second-order valence-electron chi connectivity index (χ2n) is 5.86. The van der Waals surface area contributed by atoms with E-state index in [1.54, 1.807) is 18.3 Å². The minimum Gasteiger partial charge on any atom is -0.339 e. The number of hydrogen-bond acceptors (Lipinski definition) is 6. The molecule has 1 unspecified atom stereocenters. The fourth-order valence-corrected chi connectivity index (χ4v) is 4.37. The third-order valence-corrected chi connectivity index (χ3v) is 6.09. The van der Waals surface area contributed by atoms with Gasteiger partial charge in [0.15, 0.2) is 0 Å². The van der Waals surface area contributed by atoms with Gasteiger partial charge in [-0.1, -0.05) is 35.5 Å². The molecule has 1 saturated heterocycles. The molecule has 2 aromatic heterocycles. The second kappa shape index (κ2) is 6.38. The molecule has 0 N–H and O–H groups in total. The van der Waals surface area contributed by atoms with Crippen LogP contribution in [0.2, 0.25) is 0 Å². The van der Waals surface area contributed by atoms with Crippen molar-refractivity contribution in [1.29, 1.82) is 0 Å². The molecule has 0 amide bonds. The van der Waals surface area contributed by atoms with E-state index >= 15 is 0 Å². The van der Waals surface area contributed by atoms with Crippen LogP contribution >= 0.6 is 0 Å². The number of hydrogen-bond donors (Lipinski definition) is 0. The van der Waals surface area contributed by atoms with Crippen LogP contribution in [0.5, 0.6) is 0 Å². The molecule has 1 atom stereocenters. The van der Waals surface area contributed by atoms with E-state index in [0.717, 1.165) is 5.56 Å². The quantitative estimate of drug-likeness (QED) is 0.713. The van der Waals surface area contributed by atoms with Crippen LogP contribution < -0.4 is 0 Å². The van der Waals surface area contributed by atoms with E-state index in [9.17, 15) is 8.42 Å². The molecule has 25 heavy (non-hydrogen) atoms. The SMILES string of the molecule is O=S(=O)(c1cccnc1)N1CCC(c2nc(-c3ccccc3)no2)C1. The summed E-state index contributed by atoms with van der Waals surface area (Å²) < 4.78 is 32.1. The zero-order valence-corrected chi connectivity index (χ0v) is 14.1. The summed E-state index contributed by atoms with van der Waals surface area (Å²) in [6.45, 7) is 0.749. The van der Waals surface area contributed by atoms with E-state index in [-0.39, 0.29) is 10.8 Å². The lowest BCUT2D eigenvalue weighted by Gasteiger charge is -2.15. The predicted molar refractivity (Wildman–Crippen MR) is 90.1 cm³/mol. The molecule has 1 aromatic carbocycles. The lowest BCUT2D eigenvalue weighted by Crippen LogP contribution is -2.28. The summed E-state index contributed by atoms with van der Waals surface area (Å²) in [4.78, 5) is 8.53. The molecule has 7 nitrogen and oxygen atoms in total. The van der Waals surface area contributed by atoms with Gasteiger partial charge < -0.3 is 4.52 Å². The van der Waals surface area contributed by atoms with Crippen LogP contribution in [0.4, 0.5) is 0 Å². The summed E-state index contributed by atoms with van der Waals surface area (Å²) in [5.41, 5.74) is 0.871. The zero-order chi connectivity index (χ0) is 17.3. The number of aromatic nitrogens is 3. The average Bonchev–Trinajstić information content (AvgIpc) is 3.33. The highest BCUT2D eigenvalue weighted by atomic mass is 32.2. The number of benzene rings is 1. The van der Waals surface area contributed by atoms with Gasteiger partial charge in [0.25, 0.3) is 0 Å². The molecule has 4 rings (SSSR count). The monoisotopic (exact) mass is 356 g/mol. The van der Waals surface area contributed by atoms with Crippen LogP contribution in [0.25, 0.3) is 11.4 Å². The van der Waals surface area contributed by atoms with Crippen molar-refractivity contribution in [3.8, 4) is 11.4 Å². The van der Waals surface area contributed by atoms with Gasteiger partial charge in [0.05, 0.1) is 5.92 Å². The van der Waals surface area contributed by atoms with Gasteiger partial charge in [-0.2, -0.15) is 9.29 Å². The van der Waals surface area contributed by atoms with Gasteiger partial charge in [-0.05, 0) is 18.6 Å². The highest BCUT2D eigenvalue weighted by Crippen LogP contribution is 2.31. The Bertz CT molecular complexity index is 958. The molecule has 8 heteroatoms. The van der Waals surface area contributed by atoms with Gasteiger partial charge in [-0.25, -0.2) is 8.42 Å². The fourth-order valence-electron chi connectivity index (χ4n) is 2.90. The van der Waals surface area contributed by atoms with Crippen molar-refractivity contribution in [1.82, 2.24) is 19.4 Å². The molecular formula is C17H16N4O3S. The smallest absolute Gasteiger partial charge is 0.244 e. The molecule has 0 saturated carbocycles. The largest absolute Gasteiger partial charge is 0.339 e. The van der Waals surface area contributed by atoms with Gasteiger partial charge in [-0.15, -0.1) is 0 Å². The van der Waals surface area contributed by atoms with Gasteiger partial charge in [0, 0.05) is 31.0 Å². The summed E-state index contributed by atoms with van der Waals surface area (Å²) in [5.74, 6) is 0.892. The van der Waals surface area contributed by atoms with E-state index in [2.05, 4.69) is 15.1 Å². The van der Waals surface area contributed by atoms with Crippen LogP contribution in [-0.4, -0.2) is 40.9 Å². The minimum absolute atomic E-state index is 0.101. The average molecular weight is 356 g/mol. The lowest BCUT2D eigenvalue weighted by atomic mass is 10.1. The Morgan fingerprint density at radius 3 is 2.72 bits per heavy atom. The molecule has 128 valence electrons. The van der Waals surface area contributed by atoms with Crippen molar-refractivity contribution >= 4 is 10.0 Å². The minimum atomic E-state index is -3.54. The molecule has 1 fully saturated rings.